The number of amides is 1. The van der Waals surface area contributed by atoms with Crippen molar-refractivity contribution >= 4 is 5.91 Å². The third-order valence-electron chi connectivity index (χ3n) is 3.67. The molecular formula is C18H23N3O2. The van der Waals surface area contributed by atoms with E-state index in [0.717, 1.165) is 16.7 Å². The quantitative estimate of drug-likeness (QED) is 0.849. The van der Waals surface area contributed by atoms with Crippen molar-refractivity contribution in [3.8, 4) is 11.1 Å². The summed E-state index contributed by atoms with van der Waals surface area (Å²) in [6.07, 6.45) is 3.54. The van der Waals surface area contributed by atoms with E-state index in [0.29, 0.717) is 13.1 Å². The van der Waals surface area contributed by atoms with E-state index in [4.69, 9.17) is 10.5 Å². The Hall–Kier alpha value is -2.24. The summed E-state index contributed by atoms with van der Waals surface area (Å²) < 4.78 is 4.97. The highest BCUT2D eigenvalue weighted by atomic mass is 16.5. The summed E-state index contributed by atoms with van der Waals surface area (Å²) in [5, 5.41) is 0. The van der Waals surface area contributed by atoms with E-state index in [2.05, 4.69) is 11.1 Å². The van der Waals surface area contributed by atoms with Crippen LogP contribution < -0.4 is 5.73 Å². The summed E-state index contributed by atoms with van der Waals surface area (Å²) in [6.45, 7) is 3.32. The van der Waals surface area contributed by atoms with Crippen molar-refractivity contribution in [1.82, 2.24) is 9.88 Å². The number of carbonyl (C=O) groups excluding carboxylic acids is 1. The molecule has 0 bridgehead atoms. The van der Waals surface area contributed by atoms with Gasteiger partial charge in [-0.15, -0.1) is 0 Å². The summed E-state index contributed by atoms with van der Waals surface area (Å²) in [7, 11) is 1.54. The lowest BCUT2D eigenvalue weighted by Crippen LogP contribution is -2.45. The van der Waals surface area contributed by atoms with E-state index in [-0.39, 0.29) is 12.5 Å². The van der Waals surface area contributed by atoms with Crippen LogP contribution in [0.3, 0.4) is 0 Å². The van der Waals surface area contributed by atoms with Crippen LogP contribution in [0, 0.1) is 0 Å². The smallest absolute Gasteiger partial charge is 0.242 e. The highest BCUT2D eigenvalue weighted by Crippen LogP contribution is 2.20. The summed E-state index contributed by atoms with van der Waals surface area (Å²) >= 11 is 0. The molecule has 122 valence electrons. The van der Waals surface area contributed by atoms with Crippen LogP contribution in [-0.4, -0.2) is 42.1 Å². The van der Waals surface area contributed by atoms with E-state index in [9.17, 15) is 4.79 Å². The molecule has 0 radical (unpaired) electrons. The third kappa shape index (κ3) is 4.61. The SMILES string of the molecule is CCN(Cc1cccc(-c2ccncc2)c1)C(=O)C(N)COC. The van der Waals surface area contributed by atoms with Crippen LogP contribution in [0.4, 0.5) is 0 Å². The number of rotatable bonds is 7. The van der Waals surface area contributed by atoms with Crippen molar-refractivity contribution < 1.29 is 9.53 Å². The highest BCUT2D eigenvalue weighted by molar-refractivity contribution is 5.81. The monoisotopic (exact) mass is 313 g/mol. The van der Waals surface area contributed by atoms with Crippen LogP contribution >= 0.6 is 0 Å². The first-order valence-corrected chi connectivity index (χ1v) is 7.68. The lowest BCUT2D eigenvalue weighted by Gasteiger charge is -2.24. The van der Waals surface area contributed by atoms with Gasteiger partial charge in [0.1, 0.15) is 6.04 Å². The molecule has 0 aliphatic carbocycles. The molecule has 23 heavy (non-hydrogen) atoms. The fourth-order valence-corrected chi connectivity index (χ4v) is 2.44. The first kappa shape index (κ1) is 17.1. The summed E-state index contributed by atoms with van der Waals surface area (Å²) in [6, 6.07) is 11.5. The number of pyridine rings is 1. The Morgan fingerprint density at radius 2 is 2.00 bits per heavy atom. The predicted molar refractivity (Wildman–Crippen MR) is 90.6 cm³/mol. The zero-order valence-electron chi connectivity index (χ0n) is 13.6. The molecule has 0 aliphatic rings. The molecule has 1 aromatic heterocycles. The minimum Gasteiger partial charge on any atom is -0.383 e. The number of hydrogen-bond acceptors (Lipinski definition) is 4. The number of nitrogens with two attached hydrogens (primary N) is 1. The van der Waals surface area contributed by atoms with Gasteiger partial charge in [0.05, 0.1) is 6.61 Å². The minimum atomic E-state index is -0.622. The molecule has 1 aromatic carbocycles. The lowest BCUT2D eigenvalue weighted by molar-refractivity contribution is -0.134. The Morgan fingerprint density at radius 3 is 2.65 bits per heavy atom. The van der Waals surface area contributed by atoms with Crippen molar-refractivity contribution in [1.29, 1.82) is 0 Å². The number of aromatic nitrogens is 1. The number of carbonyl (C=O) groups is 1. The normalized spacial score (nSPS) is 12.0. The second-order valence-corrected chi connectivity index (χ2v) is 5.35. The van der Waals surface area contributed by atoms with Crippen molar-refractivity contribution in [3.63, 3.8) is 0 Å². The molecule has 5 heteroatoms. The maximum absolute atomic E-state index is 12.3. The molecule has 0 aliphatic heterocycles. The van der Waals surface area contributed by atoms with Crippen molar-refractivity contribution in [2.24, 2.45) is 5.73 Å². The van der Waals surface area contributed by atoms with Gasteiger partial charge in [0, 0.05) is 32.6 Å². The zero-order chi connectivity index (χ0) is 16.7. The Kier molecular flexibility index (Phi) is 6.26. The molecular weight excluding hydrogens is 290 g/mol. The third-order valence-corrected chi connectivity index (χ3v) is 3.67. The Morgan fingerprint density at radius 1 is 1.26 bits per heavy atom. The van der Waals surface area contributed by atoms with Gasteiger partial charge < -0.3 is 15.4 Å². The molecule has 2 rings (SSSR count). The zero-order valence-corrected chi connectivity index (χ0v) is 13.6. The van der Waals surface area contributed by atoms with Gasteiger partial charge >= 0.3 is 0 Å². The van der Waals surface area contributed by atoms with E-state index in [1.54, 1.807) is 24.4 Å². The number of likely N-dealkylation sites (N-methyl/N-ethyl adjacent to an activating group) is 1. The Bertz CT molecular complexity index is 631. The highest BCUT2D eigenvalue weighted by Gasteiger charge is 2.19. The van der Waals surface area contributed by atoms with Crippen LogP contribution in [0.5, 0.6) is 0 Å². The number of benzene rings is 1. The maximum atomic E-state index is 12.3. The van der Waals surface area contributed by atoms with Crippen LogP contribution in [0.1, 0.15) is 12.5 Å². The van der Waals surface area contributed by atoms with Crippen molar-refractivity contribution in [3.05, 3.63) is 54.4 Å². The topological polar surface area (TPSA) is 68.5 Å². The van der Waals surface area contributed by atoms with Crippen LogP contribution in [0.15, 0.2) is 48.8 Å². The fraction of sp³-hybridized carbons (Fsp3) is 0.333. The molecule has 0 saturated carbocycles. The molecule has 1 heterocycles. The average Bonchev–Trinajstić information content (AvgIpc) is 2.60. The van der Waals surface area contributed by atoms with Crippen LogP contribution in [0.25, 0.3) is 11.1 Å². The second kappa shape index (κ2) is 8.41. The molecule has 0 fully saturated rings. The molecule has 1 unspecified atom stereocenters. The number of nitrogens with zero attached hydrogens (tertiary/aromatic N) is 2. The van der Waals surface area contributed by atoms with Crippen LogP contribution in [-0.2, 0) is 16.1 Å². The molecule has 0 spiro atoms. The van der Waals surface area contributed by atoms with Gasteiger partial charge in [0.2, 0.25) is 5.91 Å². The van der Waals surface area contributed by atoms with E-state index < -0.39 is 6.04 Å². The van der Waals surface area contributed by atoms with Gasteiger partial charge in [-0.2, -0.15) is 0 Å². The second-order valence-electron chi connectivity index (χ2n) is 5.35. The van der Waals surface area contributed by atoms with Gasteiger partial charge in [-0.3, -0.25) is 9.78 Å². The largest absolute Gasteiger partial charge is 0.383 e. The van der Waals surface area contributed by atoms with Crippen LogP contribution in [0.2, 0.25) is 0 Å². The minimum absolute atomic E-state index is 0.0938. The predicted octanol–water partition coefficient (Wildman–Crippen LogP) is 2.07. The molecule has 2 N–H and O–H groups in total. The maximum Gasteiger partial charge on any atom is 0.242 e. The van der Waals surface area contributed by atoms with E-state index >= 15 is 0 Å². The standard InChI is InChI=1S/C18H23N3O2/c1-3-21(18(22)17(19)13-23-2)12-14-5-4-6-16(11-14)15-7-9-20-10-8-15/h4-11,17H,3,12-13,19H2,1-2H3. The average molecular weight is 313 g/mol. The number of ether oxygens (including phenoxy) is 1. The van der Waals surface area contributed by atoms with Gasteiger partial charge in [-0.05, 0) is 41.8 Å². The first-order chi connectivity index (χ1) is 11.2. The molecule has 5 nitrogen and oxygen atoms in total. The van der Waals surface area contributed by atoms with Gasteiger partial charge in [0.25, 0.3) is 0 Å². The fourth-order valence-electron chi connectivity index (χ4n) is 2.44. The first-order valence-electron chi connectivity index (χ1n) is 7.68. The van der Waals surface area contributed by atoms with E-state index in [1.807, 2.05) is 37.3 Å². The number of hydrogen-bond donors (Lipinski definition) is 1. The molecule has 0 saturated heterocycles. The lowest BCUT2D eigenvalue weighted by atomic mass is 10.0. The Balaban J connectivity index is 2.14. The summed E-state index contributed by atoms with van der Waals surface area (Å²) in [5.41, 5.74) is 9.13. The van der Waals surface area contributed by atoms with Gasteiger partial charge in [0.15, 0.2) is 0 Å². The van der Waals surface area contributed by atoms with Crippen molar-refractivity contribution in [2.75, 3.05) is 20.3 Å². The van der Waals surface area contributed by atoms with Gasteiger partial charge in [-0.1, -0.05) is 18.2 Å². The van der Waals surface area contributed by atoms with Crippen molar-refractivity contribution in [2.45, 2.75) is 19.5 Å². The summed E-state index contributed by atoms with van der Waals surface area (Å²) in [4.78, 5) is 18.1. The van der Waals surface area contributed by atoms with Gasteiger partial charge in [-0.25, -0.2) is 0 Å². The number of methoxy groups -OCH3 is 1. The summed E-state index contributed by atoms with van der Waals surface area (Å²) in [5.74, 6) is -0.0938. The molecule has 2 aromatic rings. The molecule has 1 amide bonds. The van der Waals surface area contributed by atoms with E-state index in [1.165, 1.54) is 0 Å². The molecule has 1 atom stereocenters. The Labute approximate surface area is 137 Å².